The fourth-order valence-corrected chi connectivity index (χ4v) is 5.35. The first-order valence-electron chi connectivity index (χ1n) is 15.6. The number of unbranched alkanes of at least 4 members (excludes halogenated alkanes) is 15. The minimum Gasteiger partial charge on any atom is -0.326 e. The van der Waals surface area contributed by atoms with Crippen molar-refractivity contribution in [3.05, 3.63) is 29.8 Å². The summed E-state index contributed by atoms with van der Waals surface area (Å²) < 4.78 is 30.9. The van der Waals surface area contributed by atoms with E-state index in [1.54, 1.807) is 12.1 Å². The summed E-state index contributed by atoms with van der Waals surface area (Å²) in [4.78, 5) is -0.0666. The minimum atomic E-state index is -4.02. The Bertz CT molecular complexity index is 690. The van der Waals surface area contributed by atoms with Gasteiger partial charge in [0.2, 0.25) is 0 Å². The van der Waals surface area contributed by atoms with Crippen LogP contribution in [0.1, 0.15) is 142 Å². The van der Waals surface area contributed by atoms with Crippen LogP contribution in [0.5, 0.6) is 0 Å². The van der Waals surface area contributed by atoms with Gasteiger partial charge in [0.1, 0.15) is 0 Å². The van der Waals surface area contributed by atoms with E-state index in [0.717, 1.165) is 5.56 Å². The Kier molecular flexibility index (Phi) is 22.5. The van der Waals surface area contributed by atoms with Gasteiger partial charge in [-0.15, -0.1) is 0 Å². The molecule has 0 radical (unpaired) electrons. The van der Waals surface area contributed by atoms with Gasteiger partial charge in [-0.05, 0) is 57.6 Å². The van der Waals surface area contributed by atoms with Crippen LogP contribution in [0, 0.1) is 6.92 Å². The maximum atomic E-state index is 10.5. The molecule has 4 nitrogen and oxygen atoms in total. The van der Waals surface area contributed by atoms with E-state index >= 15 is 0 Å². The molecule has 0 saturated carbocycles. The fraction of sp³-hybridized carbons (Fsp3) is 0.812. The van der Waals surface area contributed by atoms with E-state index in [-0.39, 0.29) is 4.90 Å². The molecular weight excluding hydrogens is 478 g/mol. The Morgan fingerprint density at radius 1 is 0.568 bits per heavy atom. The van der Waals surface area contributed by atoms with Gasteiger partial charge < -0.3 is 4.48 Å². The lowest BCUT2D eigenvalue weighted by molar-refractivity contribution is -0.910. The number of hydrogen-bond acceptors (Lipinski definition) is 2. The Hall–Kier alpha value is -0.910. The van der Waals surface area contributed by atoms with Crippen molar-refractivity contribution in [3.8, 4) is 0 Å². The van der Waals surface area contributed by atoms with E-state index in [9.17, 15) is 8.42 Å². The van der Waals surface area contributed by atoms with Crippen LogP contribution in [0.2, 0.25) is 0 Å². The highest BCUT2D eigenvalue weighted by atomic mass is 32.2. The molecule has 0 atom stereocenters. The lowest BCUT2D eigenvalue weighted by atomic mass is 10.1. The van der Waals surface area contributed by atoms with Gasteiger partial charge in [0.15, 0.2) is 0 Å². The number of benzene rings is 1. The summed E-state index contributed by atoms with van der Waals surface area (Å²) in [6, 6.07) is 5.99. The summed E-state index contributed by atoms with van der Waals surface area (Å²) in [6.45, 7) is 13.1. The summed E-state index contributed by atoms with van der Waals surface area (Å²) in [5, 5.41) is 0. The predicted molar refractivity (Wildman–Crippen MR) is 162 cm³/mol. The zero-order valence-corrected chi connectivity index (χ0v) is 26.1. The molecule has 0 aliphatic carbocycles. The third kappa shape index (κ3) is 21.7. The molecule has 1 aromatic carbocycles. The molecular formula is C32H62NO3S+. The van der Waals surface area contributed by atoms with Crippen molar-refractivity contribution in [2.45, 2.75) is 148 Å². The molecule has 0 saturated heterocycles. The third-order valence-electron chi connectivity index (χ3n) is 7.47. The SMILES string of the molecule is CCCCCCCC[N+](C)(CCCCCCCC)CCCCCCCC.Cc1ccc(S(=O)(=O)O)cc1. The van der Waals surface area contributed by atoms with Crippen molar-refractivity contribution in [3.63, 3.8) is 0 Å². The van der Waals surface area contributed by atoms with Gasteiger partial charge in [0.25, 0.3) is 10.1 Å². The van der Waals surface area contributed by atoms with E-state index < -0.39 is 10.1 Å². The Morgan fingerprint density at radius 3 is 1.16 bits per heavy atom. The monoisotopic (exact) mass is 540 g/mol. The highest BCUT2D eigenvalue weighted by Gasteiger charge is 2.20. The van der Waals surface area contributed by atoms with Gasteiger partial charge >= 0.3 is 0 Å². The zero-order valence-electron chi connectivity index (χ0n) is 25.3. The summed E-state index contributed by atoms with van der Waals surface area (Å²) in [6.07, 6.45) is 25.9. The van der Waals surface area contributed by atoms with Crippen molar-refractivity contribution in [2.75, 3.05) is 26.7 Å². The number of hydrogen-bond donors (Lipinski definition) is 1. The molecule has 5 heteroatoms. The second kappa shape index (κ2) is 23.0. The van der Waals surface area contributed by atoms with Crippen LogP contribution in [0.15, 0.2) is 29.2 Å². The Balaban J connectivity index is 0.000000970. The summed E-state index contributed by atoms with van der Waals surface area (Å²) >= 11 is 0. The van der Waals surface area contributed by atoms with Crippen molar-refractivity contribution < 1.29 is 17.5 Å². The van der Waals surface area contributed by atoms with Crippen molar-refractivity contribution in [1.82, 2.24) is 0 Å². The smallest absolute Gasteiger partial charge is 0.294 e. The first kappa shape index (κ1) is 36.1. The van der Waals surface area contributed by atoms with Crippen LogP contribution < -0.4 is 0 Å². The van der Waals surface area contributed by atoms with Crippen molar-refractivity contribution >= 4 is 10.1 Å². The van der Waals surface area contributed by atoms with Crippen LogP contribution >= 0.6 is 0 Å². The molecule has 0 amide bonds. The maximum absolute atomic E-state index is 10.5. The second-order valence-corrected chi connectivity index (χ2v) is 12.8. The predicted octanol–water partition coefficient (Wildman–Crippen LogP) is 9.76. The van der Waals surface area contributed by atoms with E-state index in [0.29, 0.717) is 0 Å². The number of nitrogens with zero attached hydrogens (tertiary/aromatic N) is 1. The number of rotatable bonds is 22. The average Bonchev–Trinajstić information content (AvgIpc) is 2.86. The van der Waals surface area contributed by atoms with Crippen LogP contribution in [0.4, 0.5) is 0 Å². The molecule has 37 heavy (non-hydrogen) atoms. The van der Waals surface area contributed by atoms with E-state index in [1.807, 2.05) is 6.92 Å². The average molecular weight is 541 g/mol. The van der Waals surface area contributed by atoms with Crippen molar-refractivity contribution in [1.29, 1.82) is 0 Å². The normalized spacial score (nSPS) is 11.8. The molecule has 0 bridgehead atoms. The molecule has 0 heterocycles. The van der Waals surface area contributed by atoms with Gasteiger partial charge in [0.05, 0.1) is 31.6 Å². The largest absolute Gasteiger partial charge is 0.326 e. The zero-order chi connectivity index (χ0) is 27.8. The highest BCUT2D eigenvalue weighted by Crippen LogP contribution is 2.16. The molecule has 0 aliphatic rings. The quantitative estimate of drug-likeness (QED) is 0.0904. The van der Waals surface area contributed by atoms with Crippen LogP contribution in [0.25, 0.3) is 0 Å². The Morgan fingerprint density at radius 2 is 0.865 bits per heavy atom. The topological polar surface area (TPSA) is 54.4 Å². The molecule has 0 fully saturated rings. The van der Waals surface area contributed by atoms with Crippen molar-refractivity contribution in [2.24, 2.45) is 0 Å². The third-order valence-corrected chi connectivity index (χ3v) is 8.34. The van der Waals surface area contributed by atoms with Crippen LogP contribution in [0.3, 0.4) is 0 Å². The molecule has 1 N–H and O–H groups in total. The minimum absolute atomic E-state index is 0.0666. The molecule has 0 unspecified atom stereocenters. The van der Waals surface area contributed by atoms with Gasteiger partial charge in [0, 0.05) is 0 Å². The molecule has 1 aromatic rings. The first-order valence-corrected chi connectivity index (χ1v) is 17.0. The molecule has 0 aliphatic heterocycles. The highest BCUT2D eigenvalue weighted by molar-refractivity contribution is 7.85. The second-order valence-electron chi connectivity index (χ2n) is 11.4. The first-order chi connectivity index (χ1) is 17.7. The maximum Gasteiger partial charge on any atom is 0.294 e. The van der Waals surface area contributed by atoms with Crippen LogP contribution in [-0.4, -0.2) is 44.1 Å². The number of quaternary nitrogens is 1. The molecule has 1 rings (SSSR count). The fourth-order valence-electron chi connectivity index (χ4n) is 4.87. The van der Waals surface area contributed by atoms with E-state index in [2.05, 4.69) is 27.8 Å². The van der Waals surface area contributed by atoms with Gasteiger partial charge in [-0.3, -0.25) is 4.55 Å². The lowest BCUT2D eigenvalue weighted by Gasteiger charge is -2.35. The summed E-state index contributed by atoms with van der Waals surface area (Å²) in [5.41, 5.74) is 0.956. The number of aryl methyl sites for hydroxylation is 1. The van der Waals surface area contributed by atoms with Gasteiger partial charge in [-0.2, -0.15) is 8.42 Å². The standard InChI is InChI=1S/C25H54N.C7H8O3S/c1-5-8-11-14-17-20-23-26(4,24-21-18-15-12-9-6-2)25-22-19-16-13-10-7-3;1-6-2-4-7(5-3-6)11(8,9)10/h5-25H2,1-4H3;2-5H,1H3,(H,8,9,10)/q+1;. The molecule has 218 valence electrons. The molecule has 0 aromatic heterocycles. The Labute approximate surface area is 232 Å². The van der Waals surface area contributed by atoms with E-state index in [1.165, 1.54) is 152 Å². The lowest BCUT2D eigenvalue weighted by Crippen LogP contribution is -2.46. The van der Waals surface area contributed by atoms with E-state index in [4.69, 9.17) is 4.55 Å². The van der Waals surface area contributed by atoms with Gasteiger partial charge in [-0.1, -0.05) is 116 Å². The van der Waals surface area contributed by atoms with Crippen LogP contribution in [-0.2, 0) is 10.1 Å². The molecule has 0 spiro atoms. The summed E-state index contributed by atoms with van der Waals surface area (Å²) in [5.74, 6) is 0. The summed E-state index contributed by atoms with van der Waals surface area (Å²) in [7, 11) is -1.46. The van der Waals surface area contributed by atoms with Gasteiger partial charge in [-0.25, -0.2) is 0 Å².